The first-order chi connectivity index (χ1) is 6.72. The highest BCUT2D eigenvalue weighted by Crippen LogP contribution is 2.15. The molecule has 0 aliphatic rings. The minimum absolute atomic E-state index is 0.0612. The van der Waals surface area contributed by atoms with Gasteiger partial charge in [-0.25, -0.2) is 0 Å². The summed E-state index contributed by atoms with van der Waals surface area (Å²) in [5, 5.41) is 0.642. The molecule has 3 nitrogen and oxygen atoms in total. The maximum absolute atomic E-state index is 10.7. The number of carbonyl (C=O) groups excluding carboxylic acids is 1. The summed E-state index contributed by atoms with van der Waals surface area (Å²) >= 11 is 5.68. The van der Waals surface area contributed by atoms with Crippen molar-refractivity contribution in [3.63, 3.8) is 0 Å². The molecular weight excluding hydrogens is 204 g/mol. The third-order valence-electron chi connectivity index (χ3n) is 1.55. The fourth-order valence-corrected chi connectivity index (χ4v) is 0.922. The Kier molecular flexibility index (Phi) is 4.26. The second kappa shape index (κ2) is 5.50. The molecule has 0 saturated heterocycles. The number of hydrogen-bond donors (Lipinski definition) is 0. The van der Waals surface area contributed by atoms with Crippen LogP contribution in [0.2, 0.25) is 5.02 Å². The van der Waals surface area contributed by atoms with Gasteiger partial charge in [0.2, 0.25) is 6.79 Å². The molecule has 0 aromatic heterocycles. The molecular formula is C10H11ClO3. The summed E-state index contributed by atoms with van der Waals surface area (Å²) in [6.07, 6.45) is 0.351. The molecule has 1 aromatic rings. The van der Waals surface area contributed by atoms with Crippen LogP contribution >= 0.6 is 11.6 Å². The van der Waals surface area contributed by atoms with E-state index in [-0.39, 0.29) is 12.8 Å². The Morgan fingerprint density at radius 2 is 2.00 bits per heavy atom. The van der Waals surface area contributed by atoms with Crippen molar-refractivity contribution in [2.24, 2.45) is 0 Å². The van der Waals surface area contributed by atoms with E-state index in [0.717, 1.165) is 0 Å². The van der Waals surface area contributed by atoms with Gasteiger partial charge < -0.3 is 9.47 Å². The molecule has 0 spiro atoms. The van der Waals surface area contributed by atoms with Crippen LogP contribution in [0.25, 0.3) is 0 Å². The summed E-state index contributed by atoms with van der Waals surface area (Å²) in [7, 11) is 0. The fourth-order valence-electron chi connectivity index (χ4n) is 0.796. The van der Waals surface area contributed by atoms with E-state index in [2.05, 4.69) is 0 Å². The van der Waals surface area contributed by atoms with Crippen LogP contribution in [0.4, 0.5) is 0 Å². The number of hydrogen-bond acceptors (Lipinski definition) is 3. The molecule has 0 unspecified atom stereocenters. The van der Waals surface area contributed by atoms with Gasteiger partial charge in [0, 0.05) is 11.4 Å². The van der Waals surface area contributed by atoms with E-state index < -0.39 is 0 Å². The summed E-state index contributed by atoms with van der Waals surface area (Å²) in [4.78, 5) is 10.7. The molecule has 0 aliphatic carbocycles. The van der Waals surface area contributed by atoms with Crippen LogP contribution in [0, 0.1) is 0 Å². The number of ether oxygens (including phenoxy) is 2. The fraction of sp³-hybridized carbons (Fsp3) is 0.300. The first kappa shape index (κ1) is 10.9. The molecule has 0 aliphatic heterocycles. The lowest BCUT2D eigenvalue weighted by atomic mass is 10.3. The Morgan fingerprint density at radius 3 is 2.57 bits per heavy atom. The molecule has 1 rings (SSSR count). The minimum atomic E-state index is -0.279. The molecule has 0 N–H and O–H groups in total. The highest BCUT2D eigenvalue weighted by atomic mass is 35.5. The van der Waals surface area contributed by atoms with Crippen LogP contribution in [-0.4, -0.2) is 12.8 Å². The Labute approximate surface area is 87.6 Å². The second-order valence-corrected chi connectivity index (χ2v) is 3.02. The highest BCUT2D eigenvalue weighted by Gasteiger charge is 1.98. The minimum Gasteiger partial charge on any atom is -0.457 e. The first-order valence-corrected chi connectivity index (χ1v) is 4.64. The molecule has 0 amide bonds. The largest absolute Gasteiger partial charge is 0.457 e. The number of benzene rings is 1. The van der Waals surface area contributed by atoms with Crippen LogP contribution < -0.4 is 4.74 Å². The van der Waals surface area contributed by atoms with Crippen molar-refractivity contribution >= 4 is 17.6 Å². The molecule has 4 heteroatoms. The number of esters is 1. The number of carbonyl (C=O) groups is 1. The average Bonchev–Trinajstić information content (AvgIpc) is 2.21. The quantitative estimate of drug-likeness (QED) is 0.571. The van der Waals surface area contributed by atoms with Gasteiger partial charge in [0.1, 0.15) is 5.75 Å². The summed E-state index contributed by atoms with van der Waals surface area (Å²) in [6, 6.07) is 6.83. The van der Waals surface area contributed by atoms with Crippen LogP contribution in [0.15, 0.2) is 24.3 Å². The Balaban J connectivity index is 2.31. The van der Waals surface area contributed by atoms with E-state index in [4.69, 9.17) is 21.1 Å². The maximum atomic E-state index is 10.7. The summed E-state index contributed by atoms with van der Waals surface area (Å²) in [5.41, 5.74) is 0. The molecule has 76 valence electrons. The second-order valence-electron chi connectivity index (χ2n) is 2.59. The Morgan fingerprint density at radius 1 is 1.36 bits per heavy atom. The van der Waals surface area contributed by atoms with Gasteiger partial charge in [-0.1, -0.05) is 18.5 Å². The van der Waals surface area contributed by atoms with Gasteiger partial charge in [0.15, 0.2) is 0 Å². The maximum Gasteiger partial charge on any atom is 0.308 e. The normalized spacial score (nSPS) is 9.57. The van der Waals surface area contributed by atoms with Crippen LogP contribution in [0.3, 0.4) is 0 Å². The van der Waals surface area contributed by atoms with Gasteiger partial charge in [-0.05, 0) is 24.3 Å². The molecule has 14 heavy (non-hydrogen) atoms. The van der Waals surface area contributed by atoms with Crippen molar-refractivity contribution in [3.8, 4) is 5.75 Å². The third-order valence-corrected chi connectivity index (χ3v) is 1.80. The van der Waals surface area contributed by atoms with E-state index >= 15 is 0 Å². The SMILES string of the molecule is CCC(=O)OCOc1ccc(Cl)cc1. The monoisotopic (exact) mass is 214 g/mol. The lowest BCUT2D eigenvalue weighted by Crippen LogP contribution is -2.08. The van der Waals surface area contributed by atoms with Crippen molar-refractivity contribution < 1.29 is 14.3 Å². The van der Waals surface area contributed by atoms with Crippen molar-refractivity contribution in [2.45, 2.75) is 13.3 Å². The Hall–Kier alpha value is -1.22. The summed E-state index contributed by atoms with van der Waals surface area (Å²) < 4.78 is 9.86. The van der Waals surface area contributed by atoms with E-state index in [1.807, 2.05) is 0 Å². The zero-order chi connectivity index (χ0) is 10.4. The molecule has 0 heterocycles. The lowest BCUT2D eigenvalue weighted by Gasteiger charge is -2.05. The van der Waals surface area contributed by atoms with Gasteiger partial charge in [-0.15, -0.1) is 0 Å². The van der Waals surface area contributed by atoms with Gasteiger partial charge in [-0.2, -0.15) is 0 Å². The smallest absolute Gasteiger partial charge is 0.308 e. The van der Waals surface area contributed by atoms with Gasteiger partial charge in [0.05, 0.1) is 0 Å². The van der Waals surface area contributed by atoms with Crippen molar-refractivity contribution in [1.29, 1.82) is 0 Å². The molecule has 0 atom stereocenters. The standard InChI is InChI=1S/C10H11ClO3/c1-2-10(12)14-7-13-9-5-3-8(11)4-6-9/h3-6H,2,7H2,1H3. The highest BCUT2D eigenvalue weighted by molar-refractivity contribution is 6.30. The van der Waals surface area contributed by atoms with Crippen molar-refractivity contribution in [3.05, 3.63) is 29.3 Å². The zero-order valence-electron chi connectivity index (χ0n) is 7.83. The van der Waals surface area contributed by atoms with E-state index in [9.17, 15) is 4.79 Å². The summed E-state index contributed by atoms with van der Waals surface area (Å²) in [5.74, 6) is 0.345. The average molecular weight is 215 g/mol. The first-order valence-electron chi connectivity index (χ1n) is 4.26. The van der Waals surface area contributed by atoms with Gasteiger partial charge >= 0.3 is 5.97 Å². The number of rotatable bonds is 4. The van der Waals surface area contributed by atoms with Crippen LogP contribution in [-0.2, 0) is 9.53 Å². The predicted molar refractivity (Wildman–Crippen MR) is 53.3 cm³/mol. The van der Waals surface area contributed by atoms with Crippen molar-refractivity contribution in [1.82, 2.24) is 0 Å². The topological polar surface area (TPSA) is 35.5 Å². The molecule has 0 saturated carbocycles. The zero-order valence-corrected chi connectivity index (χ0v) is 8.58. The van der Waals surface area contributed by atoms with Gasteiger partial charge in [-0.3, -0.25) is 4.79 Å². The van der Waals surface area contributed by atoms with E-state index in [1.54, 1.807) is 31.2 Å². The van der Waals surface area contributed by atoms with Gasteiger partial charge in [0.25, 0.3) is 0 Å². The molecule has 0 bridgehead atoms. The molecule has 0 radical (unpaired) electrons. The molecule has 0 fully saturated rings. The number of halogens is 1. The third kappa shape index (κ3) is 3.66. The summed E-state index contributed by atoms with van der Waals surface area (Å²) in [6.45, 7) is 1.67. The van der Waals surface area contributed by atoms with E-state index in [0.29, 0.717) is 17.2 Å². The van der Waals surface area contributed by atoms with Crippen LogP contribution in [0.5, 0.6) is 5.75 Å². The lowest BCUT2D eigenvalue weighted by molar-refractivity contribution is -0.149. The van der Waals surface area contributed by atoms with Crippen LogP contribution in [0.1, 0.15) is 13.3 Å². The molecule has 1 aromatic carbocycles. The van der Waals surface area contributed by atoms with Crippen molar-refractivity contribution in [2.75, 3.05) is 6.79 Å². The predicted octanol–water partition coefficient (Wildman–Crippen LogP) is 2.63. The Bertz CT molecular complexity index is 295. The van der Waals surface area contributed by atoms with E-state index in [1.165, 1.54) is 0 Å².